The third kappa shape index (κ3) is 8.69. The maximum Gasteiger partial charge on any atom is 2.00 e. The molecule has 0 aromatic carbocycles. The quantitative estimate of drug-likeness (QED) is 0.144. The molecular formula is C42H55N5O6SZn. The molecule has 1 fully saturated rings. The second kappa shape index (κ2) is 18.1. The van der Waals surface area contributed by atoms with Crippen molar-refractivity contribution in [2.24, 2.45) is 0 Å². The van der Waals surface area contributed by atoms with E-state index in [9.17, 15) is 25.2 Å². The van der Waals surface area contributed by atoms with Crippen LogP contribution in [0.15, 0.2) is 24.3 Å². The Labute approximate surface area is 341 Å². The summed E-state index contributed by atoms with van der Waals surface area (Å²) in [7, 11) is 1.80. The van der Waals surface area contributed by atoms with Crippen molar-refractivity contribution >= 4 is 50.9 Å². The first-order valence-electron chi connectivity index (χ1n) is 19.2. The van der Waals surface area contributed by atoms with Gasteiger partial charge in [0, 0.05) is 43.2 Å². The van der Waals surface area contributed by atoms with Gasteiger partial charge in [-0.05, 0) is 75.8 Å². The van der Waals surface area contributed by atoms with Crippen LogP contribution < -0.4 is 9.97 Å². The van der Waals surface area contributed by atoms with Gasteiger partial charge >= 0.3 is 19.5 Å². The van der Waals surface area contributed by atoms with Crippen LogP contribution >= 0.6 is 11.8 Å². The Bertz CT molecular complexity index is 2080. The summed E-state index contributed by atoms with van der Waals surface area (Å²) in [6, 6.07) is 8.50. The van der Waals surface area contributed by atoms with Crippen LogP contribution in [0, 0.1) is 20.8 Å². The van der Waals surface area contributed by atoms with E-state index in [-0.39, 0.29) is 37.2 Å². The van der Waals surface area contributed by atoms with Crippen molar-refractivity contribution in [1.29, 1.82) is 0 Å². The van der Waals surface area contributed by atoms with Crippen molar-refractivity contribution in [3.8, 4) is 0 Å². The van der Waals surface area contributed by atoms with E-state index in [1.54, 1.807) is 11.9 Å². The molecule has 292 valence electrons. The van der Waals surface area contributed by atoms with E-state index in [1.165, 1.54) is 28.5 Å². The van der Waals surface area contributed by atoms with E-state index in [0.29, 0.717) is 31.6 Å². The molecule has 3 aliphatic heterocycles. The van der Waals surface area contributed by atoms with Gasteiger partial charge in [0.15, 0.2) is 0 Å². The first kappa shape index (κ1) is 43.2. The van der Waals surface area contributed by atoms with E-state index in [4.69, 9.17) is 24.7 Å². The van der Waals surface area contributed by atoms with Crippen molar-refractivity contribution in [2.75, 3.05) is 26.0 Å². The number of thioether (sulfide) groups is 1. The molecule has 0 unspecified atom stereocenters. The van der Waals surface area contributed by atoms with Crippen molar-refractivity contribution in [3.63, 3.8) is 0 Å². The van der Waals surface area contributed by atoms with E-state index >= 15 is 0 Å². The standard InChI is InChI=1S/C42H55N5O6S.Zn/c1-9-26-23(5)32-19-35-27(10-2)22(4)31(44-35)18-33-24(6)28(38(46-33)25(7)30-16-21(3)29(43-30)17-34(26)45-32)12-13-37(49)47(8)14-11-15-54-42-41(52)40(51)39(50)36(20-48)53-42;/h16-19,24,28,36,39-42,48,50-52H,9-15,20H2,1-8H3;/q-2;+2/t24-,28-,36+,39+,40-,41+,42-;/m0./s1. The first-order valence-corrected chi connectivity index (χ1v) is 20.3. The number of aromatic nitrogens is 4. The Balaban J connectivity index is 0.00000580. The number of carbonyl (C=O) groups is 1. The largest absolute Gasteiger partial charge is 2.00 e. The van der Waals surface area contributed by atoms with Gasteiger partial charge in [-0.15, -0.1) is 33.8 Å². The van der Waals surface area contributed by atoms with Crippen molar-refractivity contribution in [2.45, 2.75) is 122 Å². The number of carbonyl (C=O) groups excluding carboxylic acids is 1. The molecule has 7 atom stereocenters. The summed E-state index contributed by atoms with van der Waals surface area (Å²) in [6.45, 7) is 15.0. The number of allylic oxidation sites excluding steroid dienone is 2. The minimum atomic E-state index is -1.40. The summed E-state index contributed by atoms with van der Waals surface area (Å²) in [4.78, 5) is 35.9. The number of rotatable bonds is 11. The van der Waals surface area contributed by atoms with Gasteiger partial charge in [0.05, 0.1) is 18.0 Å². The fourth-order valence-electron chi connectivity index (χ4n) is 8.05. The molecule has 3 aromatic rings. The molecule has 11 nitrogen and oxygen atoms in total. The number of fused-ring (bicyclic) bond motifs is 8. The van der Waals surface area contributed by atoms with E-state index in [1.807, 2.05) is 0 Å². The molecule has 8 bridgehead atoms. The molecule has 1 saturated heterocycles. The SMILES string of the molecule is CCC1=C(C)c2cc3[n-]c(cc4nc(c(C)c5cc(C)c(cc1n2)[n-]5)[C@@H](CCC(=O)N(C)CCCS[C@@H]1O[C@H](CO)[C@@H](O)[C@H](O)[C@H]1O)[C@@H]4C)c(C)c3CC.[Zn+2]. The summed E-state index contributed by atoms with van der Waals surface area (Å²) in [5.41, 5.74) is 13.5. The van der Waals surface area contributed by atoms with Gasteiger partial charge in [0.2, 0.25) is 5.91 Å². The average molecular weight is 823 g/mol. The molecule has 0 saturated carbocycles. The summed E-state index contributed by atoms with van der Waals surface area (Å²) in [5, 5.41) is 40.0. The number of aryl methyl sites for hydroxylation is 4. The number of hydrogen-bond donors (Lipinski definition) is 4. The molecule has 3 aromatic heterocycles. The summed E-state index contributed by atoms with van der Waals surface area (Å²) >= 11 is 1.30. The van der Waals surface area contributed by atoms with Crippen LogP contribution in [0.3, 0.4) is 0 Å². The predicted molar refractivity (Wildman–Crippen MR) is 214 cm³/mol. The molecule has 6 rings (SSSR count). The number of aliphatic hydroxyl groups excluding tert-OH is 4. The van der Waals surface area contributed by atoms with Crippen LogP contribution in [0.5, 0.6) is 0 Å². The van der Waals surface area contributed by atoms with Gasteiger partial charge in [-0.2, -0.15) is 0 Å². The van der Waals surface area contributed by atoms with Gasteiger partial charge in [-0.3, -0.25) is 9.78 Å². The molecule has 6 heterocycles. The molecule has 55 heavy (non-hydrogen) atoms. The first-order chi connectivity index (χ1) is 25.8. The number of nitrogens with zero attached hydrogens (tertiary/aromatic N) is 5. The topological polar surface area (TPSA) is 164 Å². The van der Waals surface area contributed by atoms with Crippen LogP contribution in [0.25, 0.3) is 33.2 Å². The second-order valence-corrected chi connectivity index (χ2v) is 16.2. The zero-order chi connectivity index (χ0) is 39.0. The Kier molecular flexibility index (Phi) is 14.3. The summed E-state index contributed by atoms with van der Waals surface area (Å²) in [5.74, 6) is 0.663. The third-order valence-electron chi connectivity index (χ3n) is 11.6. The normalized spacial score (nSPS) is 23.9. The second-order valence-electron chi connectivity index (χ2n) is 15.0. The van der Waals surface area contributed by atoms with Crippen LogP contribution in [-0.4, -0.2) is 97.0 Å². The van der Waals surface area contributed by atoms with Gasteiger partial charge < -0.3 is 40.0 Å². The van der Waals surface area contributed by atoms with Crippen LogP contribution in [0.4, 0.5) is 0 Å². The van der Waals surface area contributed by atoms with Crippen molar-refractivity contribution < 1.29 is 49.4 Å². The smallest absolute Gasteiger partial charge is 0.657 e. The molecular weight excluding hydrogens is 768 g/mol. The van der Waals surface area contributed by atoms with Crippen molar-refractivity contribution in [3.05, 3.63) is 69.3 Å². The van der Waals surface area contributed by atoms with E-state index in [2.05, 4.69) is 72.7 Å². The molecule has 1 amide bonds. The van der Waals surface area contributed by atoms with E-state index < -0.39 is 36.5 Å². The number of amides is 1. The van der Waals surface area contributed by atoms with E-state index in [0.717, 1.165) is 74.4 Å². The van der Waals surface area contributed by atoms with Crippen molar-refractivity contribution in [1.82, 2.24) is 24.8 Å². The number of ether oxygens (including phenoxy) is 1. The molecule has 0 aliphatic carbocycles. The molecule has 4 N–H and O–H groups in total. The maximum absolute atomic E-state index is 13.5. The van der Waals surface area contributed by atoms with Gasteiger partial charge in [-0.25, -0.2) is 4.98 Å². The predicted octanol–water partition coefficient (Wildman–Crippen LogP) is 5.45. The fraction of sp³-hybridized carbons (Fsp3) is 0.548. The summed E-state index contributed by atoms with van der Waals surface area (Å²) in [6.07, 6.45) is -1.64. The monoisotopic (exact) mass is 821 g/mol. The van der Waals surface area contributed by atoms with Gasteiger partial charge in [0.25, 0.3) is 0 Å². The van der Waals surface area contributed by atoms with Crippen LogP contribution in [0.1, 0.15) is 110 Å². The number of aliphatic hydroxyl groups is 4. The van der Waals surface area contributed by atoms with Gasteiger partial charge in [-0.1, -0.05) is 61.7 Å². The van der Waals surface area contributed by atoms with Crippen LogP contribution in [-0.2, 0) is 35.4 Å². The molecule has 13 heteroatoms. The fourth-order valence-corrected chi connectivity index (χ4v) is 9.15. The Morgan fingerprint density at radius 2 is 1.58 bits per heavy atom. The Morgan fingerprint density at radius 1 is 0.891 bits per heavy atom. The van der Waals surface area contributed by atoms with Crippen LogP contribution in [0.2, 0.25) is 0 Å². The maximum atomic E-state index is 13.5. The van der Waals surface area contributed by atoms with Gasteiger partial charge in [0.1, 0.15) is 29.9 Å². The molecule has 3 aliphatic rings. The summed E-state index contributed by atoms with van der Waals surface area (Å²) < 4.78 is 5.60. The zero-order valence-electron chi connectivity index (χ0n) is 33.5. The molecule has 0 radical (unpaired) electrons. The number of hydrogen-bond acceptors (Lipinski definition) is 9. The molecule has 0 spiro atoms. The average Bonchev–Trinajstić information content (AvgIpc) is 3.86. The Morgan fingerprint density at radius 3 is 2.27 bits per heavy atom. The zero-order valence-corrected chi connectivity index (χ0v) is 37.2. The minimum absolute atomic E-state index is 0. The minimum Gasteiger partial charge on any atom is -0.657 e. The Hall–Kier alpha value is -2.90. The third-order valence-corrected chi connectivity index (χ3v) is 12.9.